The lowest BCUT2D eigenvalue weighted by Gasteiger charge is -2.25. The molecule has 2 heterocycles. The number of hydrogen-bond acceptors (Lipinski definition) is 4. The number of aliphatic hydroxyl groups is 1. The van der Waals surface area contributed by atoms with E-state index < -0.39 is 0 Å². The standard InChI is InChI=1S/C21H33N3O3/c1-2-22-20(24-15-21(9-11-25)10-13-26-16-21)23-14-18-8-12-27-19(18)17-6-4-3-5-7-17/h3-7,18-19,25H,2,8-16H2,1H3,(H2,22,23,24). The summed E-state index contributed by atoms with van der Waals surface area (Å²) in [5.41, 5.74) is 1.22. The molecule has 0 bridgehead atoms. The molecule has 2 saturated heterocycles. The second-order valence-electron chi connectivity index (χ2n) is 7.60. The Morgan fingerprint density at radius 2 is 2.11 bits per heavy atom. The molecule has 3 unspecified atom stereocenters. The molecule has 150 valence electrons. The third-order valence-electron chi connectivity index (χ3n) is 5.62. The van der Waals surface area contributed by atoms with Gasteiger partial charge in [0.2, 0.25) is 0 Å². The van der Waals surface area contributed by atoms with E-state index in [0.717, 1.165) is 51.5 Å². The number of hydrogen-bond donors (Lipinski definition) is 3. The maximum atomic E-state index is 9.40. The average Bonchev–Trinajstić information content (AvgIpc) is 3.35. The molecule has 1 aromatic carbocycles. The molecule has 0 amide bonds. The van der Waals surface area contributed by atoms with Crippen LogP contribution in [0.2, 0.25) is 0 Å². The van der Waals surface area contributed by atoms with E-state index >= 15 is 0 Å². The second kappa shape index (κ2) is 10.1. The number of rotatable bonds is 8. The molecule has 0 spiro atoms. The van der Waals surface area contributed by atoms with Gasteiger partial charge in [0.05, 0.1) is 19.3 Å². The van der Waals surface area contributed by atoms with Crippen LogP contribution in [-0.4, -0.2) is 57.1 Å². The molecule has 2 fully saturated rings. The van der Waals surface area contributed by atoms with E-state index in [1.54, 1.807) is 0 Å². The number of nitrogens with one attached hydrogen (secondary N) is 2. The molecule has 0 aliphatic carbocycles. The van der Waals surface area contributed by atoms with E-state index in [4.69, 9.17) is 14.5 Å². The fourth-order valence-electron chi connectivity index (χ4n) is 3.96. The first-order valence-corrected chi connectivity index (χ1v) is 10.1. The first-order chi connectivity index (χ1) is 13.3. The van der Waals surface area contributed by atoms with E-state index in [1.807, 2.05) is 6.07 Å². The fraction of sp³-hybridized carbons (Fsp3) is 0.667. The summed E-state index contributed by atoms with van der Waals surface area (Å²) in [5, 5.41) is 16.2. The van der Waals surface area contributed by atoms with Crippen molar-refractivity contribution in [2.75, 3.05) is 46.1 Å². The van der Waals surface area contributed by atoms with Gasteiger partial charge in [-0.15, -0.1) is 0 Å². The number of aliphatic hydroxyl groups excluding tert-OH is 1. The normalized spacial score (nSPS) is 28.4. The topological polar surface area (TPSA) is 75.1 Å². The molecule has 2 aliphatic heterocycles. The molecule has 1 aromatic rings. The molecular weight excluding hydrogens is 342 g/mol. The van der Waals surface area contributed by atoms with Crippen LogP contribution in [0, 0.1) is 11.3 Å². The van der Waals surface area contributed by atoms with Crippen molar-refractivity contribution in [3.05, 3.63) is 35.9 Å². The van der Waals surface area contributed by atoms with Gasteiger partial charge in [0.15, 0.2) is 5.96 Å². The molecular formula is C21H33N3O3. The zero-order chi connectivity index (χ0) is 19.0. The van der Waals surface area contributed by atoms with Gasteiger partial charge in [-0.2, -0.15) is 0 Å². The maximum absolute atomic E-state index is 9.40. The summed E-state index contributed by atoms with van der Waals surface area (Å²) in [4.78, 5) is 4.81. The summed E-state index contributed by atoms with van der Waals surface area (Å²) in [5.74, 6) is 1.26. The van der Waals surface area contributed by atoms with Gasteiger partial charge in [-0.3, -0.25) is 4.99 Å². The third kappa shape index (κ3) is 5.43. The predicted octanol–water partition coefficient (Wildman–Crippen LogP) is 2.11. The lowest BCUT2D eigenvalue weighted by molar-refractivity contribution is 0.0915. The Bertz CT molecular complexity index is 588. The Labute approximate surface area is 162 Å². The van der Waals surface area contributed by atoms with Crippen LogP contribution in [0.1, 0.15) is 37.9 Å². The summed E-state index contributed by atoms with van der Waals surface area (Å²) >= 11 is 0. The molecule has 3 N–H and O–H groups in total. The molecule has 3 rings (SSSR count). The summed E-state index contributed by atoms with van der Waals surface area (Å²) in [7, 11) is 0. The van der Waals surface area contributed by atoms with Crippen molar-refractivity contribution in [2.24, 2.45) is 16.3 Å². The van der Waals surface area contributed by atoms with Crippen LogP contribution in [0.15, 0.2) is 35.3 Å². The third-order valence-corrected chi connectivity index (χ3v) is 5.62. The highest BCUT2D eigenvalue weighted by molar-refractivity contribution is 5.79. The monoisotopic (exact) mass is 375 g/mol. The summed E-state index contributed by atoms with van der Waals surface area (Å²) in [6.07, 6.45) is 2.89. The Hall–Kier alpha value is -1.63. The van der Waals surface area contributed by atoms with Crippen molar-refractivity contribution in [2.45, 2.75) is 32.3 Å². The zero-order valence-electron chi connectivity index (χ0n) is 16.3. The van der Waals surface area contributed by atoms with Crippen LogP contribution >= 0.6 is 0 Å². The largest absolute Gasteiger partial charge is 0.396 e. The Morgan fingerprint density at radius 3 is 2.81 bits per heavy atom. The Morgan fingerprint density at radius 1 is 1.26 bits per heavy atom. The number of aliphatic imine (C=N–C) groups is 1. The summed E-state index contributed by atoms with van der Waals surface area (Å²) < 4.78 is 11.6. The van der Waals surface area contributed by atoms with Crippen molar-refractivity contribution >= 4 is 5.96 Å². The molecule has 3 atom stereocenters. The second-order valence-corrected chi connectivity index (χ2v) is 7.60. The van der Waals surface area contributed by atoms with Crippen LogP contribution in [0.25, 0.3) is 0 Å². The summed E-state index contributed by atoms with van der Waals surface area (Å²) in [6.45, 7) is 6.82. The molecule has 6 nitrogen and oxygen atoms in total. The van der Waals surface area contributed by atoms with Gasteiger partial charge in [-0.25, -0.2) is 0 Å². The van der Waals surface area contributed by atoms with Crippen molar-refractivity contribution in [1.82, 2.24) is 10.6 Å². The van der Waals surface area contributed by atoms with Crippen molar-refractivity contribution < 1.29 is 14.6 Å². The molecule has 2 aliphatic rings. The van der Waals surface area contributed by atoms with Crippen molar-refractivity contribution in [3.8, 4) is 0 Å². The smallest absolute Gasteiger partial charge is 0.191 e. The molecule has 27 heavy (non-hydrogen) atoms. The van der Waals surface area contributed by atoms with Gasteiger partial charge in [-0.05, 0) is 31.7 Å². The lowest BCUT2D eigenvalue weighted by atomic mass is 9.84. The number of guanidine groups is 1. The highest BCUT2D eigenvalue weighted by Gasteiger charge is 2.34. The van der Waals surface area contributed by atoms with Crippen molar-refractivity contribution in [3.63, 3.8) is 0 Å². The molecule has 6 heteroatoms. The maximum Gasteiger partial charge on any atom is 0.191 e. The average molecular weight is 376 g/mol. The number of nitrogens with zero attached hydrogens (tertiary/aromatic N) is 1. The van der Waals surface area contributed by atoms with Crippen LogP contribution in [0.3, 0.4) is 0 Å². The highest BCUT2D eigenvalue weighted by atomic mass is 16.5. The lowest BCUT2D eigenvalue weighted by Crippen LogP contribution is -2.41. The molecule has 0 aromatic heterocycles. The molecule has 0 radical (unpaired) electrons. The highest BCUT2D eigenvalue weighted by Crippen LogP contribution is 2.34. The van der Waals surface area contributed by atoms with E-state index in [2.05, 4.69) is 41.8 Å². The van der Waals surface area contributed by atoms with Gasteiger partial charge < -0.3 is 25.2 Å². The van der Waals surface area contributed by atoms with Gasteiger partial charge in [0.25, 0.3) is 0 Å². The van der Waals surface area contributed by atoms with Crippen LogP contribution in [-0.2, 0) is 9.47 Å². The van der Waals surface area contributed by atoms with Crippen LogP contribution < -0.4 is 10.6 Å². The van der Waals surface area contributed by atoms with E-state index in [-0.39, 0.29) is 18.1 Å². The van der Waals surface area contributed by atoms with Gasteiger partial charge in [-0.1, -0.05) is 30.3 Å². The summed E-state index contributed by atoms with van der Waals surface area (Å²) in [6, 6.07) is 10.5. The SMILES string of the molecule is CCNC(=NCC1(CCO)CCOC1)NCC1CCOC1c1ccccc1. The van der Waals surface area contributed by atoms with E-state index in [9.17, 15) is 5.11 Å². The quantitative estimate of drug-likeness (QED) is 0.479. The fourth-order valence-corrected chi connectivity index (χ4v) is 3.96. The predicted molar refractivity (Wildman–Crippen MR) is 107 cm³/mol. The van der Waals surface area contributed by atoms with Crippen LogP contribution in [0.4, 0.5) is 0 Å². The zero-order valence-corrected chi connectivity index (χ0v) is 16.3. The Balaban J connectivity index is 1.59. The minimum Gasteiger partial charge on any atom is -0.396 e. The van der Waals surface area contributed by atoms with Crippen molar-refractivity contribution in [1.29, 1.82) is 0 Å². The first-order valence-electron chi connectivity index (χ1n) is 10.1. The van der Waals surface area contributed by atoms with Crippen LogP contribution in [0.5, 0.6) is 0 Å². The number of benzene rings is 1. The molecule has 0 saturated carbocycles. The van der Waals surface area contributed by atoms with E-state index in [0.29, 0.717) is 19.1 Å². The minimum absolute atomic E-state index is 0.0276. The van der Waals surface area contributed by atoms with Gasteiger partial charge >= 0.3 is 0 Å². The first kappa shape index (κ1) is 20.1. The van der Waals surface area contributed by atoms with Gasteiger partial charge in [0, 0.05) is 44.2 Å². The Kier molecular flexibility index (Phi) is 7.50. The van der Waals surface area contributed by atoms with E-state index in [1.165, 1.54) is 5.56 Å². The number of ether oxygens (including phenoxy) is 2. The van der Waals surface area contributed by atoms with Gasteiger partial charge in [0.1, 0.15) is 0 Å². The minimum atomic E-state index is -0.0276.